The highest BCUT2D eigenvalue weighted by molar-refractivity contribution is 8.00. The van der Waals surface area contributed by atoms with E-state index in [2.05, 4.69) is 10.1 Å². The van der Waals surface area contributed by atoms with Crippen molar-refractivity contribution in [3.05, 3.63) is 29.3 Å². The van der Waals surface area contributed by atoms with Gasteiger partial charge in [0.15, 0.2) is 0 Å². The number of hydrogen-bond donors (Lipinski definition) is 1. The molecule has 0 unspecified atom stereocenters. The predicted octanol–water partition coefficient (Wildman–Crippen LogP) is 2.73. The molecule has 0 aliphatic carbocycles. The molecule has 19 heavy (non-hydrogen) atoms. The lowest BCUT2D eigenvalue weighted by Crippen LogP contribution is -2.14. The fraction of sp³-hybridized carbons (Fsp3) is 0.462. The Hall–Kier alpha value is -1.14. The van der Waals surface area contributed by atoms with E-state index in [-0.39, 0.29) is 10.6 Å². The highest BCUT2D eigenvalue weighted by atomic mass is 32.2. The number of hydrogen-bond acceptors (Lipinski definition) is 4. The summed E-state index contributed by atoms with van der Waals surface area (Å²) < 4.78 is 31.9. The van der Waals surface area contributed by atoms with Gasteiger partial charge in [0, 0.05) is 6.54 Å². The molecule has 0 radical (unpaired) electrons. The standard InChI is InChI=1S/C13H17F2NO2S/c1-3-4-16-7-9-5-10(14)13(11(15)6-9)19-8-12(17)18-2/h5-6,16H,3-4,7-8H2,1-2H3. The van der Waals surface area contributed by atoms with E-state index >= 15 is 0 Å². The first-order valence-electron chi connectivity index (χ1n) is 5.96. The number of carbonyl (C=O) groups is 1. The first kappa shape index (κ1) is 15.9. The molecule has 0 saturated carbocycles. The van der Waals surface area contributed by atoms with Gasteiger partial charge in [-0.25, -0.2) is 8.78 Å². The predicted molar refractivity (Wildman–Crippen MR) is 71.1 cm³/mol. The SMILES string of the molecule is CCCNCc1cc(F)c(SCC(=O)OC)c(F)c1. The molecule has 0 amide bonds. The monoisotopic (exact) mass is 289 g/mol. The van der Waals surface area contributed by atoms with Gasteiger partial charge in [0.2, 0.25) is 0 Å². The summed E-state index contributed by atoms with van der Waals surface area (Å²) in [6.45, 7) is 3.23. The van der Waals surface area contributed by atoms with E-state index in [0.29, 0.717) is 12.1 Å². The average Bonchev–Trinajstić information content (AvgIpc) is 2.37. The number of thioether (sulfide) groups is 1. The topological polar surface area (TPSA) is 38.3 Å². The van der Waals surface area contributed by atoms with Crippen molar-refractivity contribution in [2.45, 2.75) is 24.8 Å². The molecule has 0 spiro atoms. The van der Waals surface area contributed by atoms with Crippen molar-refractivity contribution in [1.29, 1.82) is 0 Å². The fourth-order valence-corrected chi connectivity index (χ4v) is 2.23. The van der Waals surface area contributed by atoms with Crippen LogP contribution in [-0.4, -0.2) is 25.4 Å². The van der Waals surface area contributed by atoms with Gasteiger partial charge in [0.05, 0.1) is 17.8 Å². The van der Waals surface area contributed by atoms with Gasteiger partial charge in [-0.05, 0) is 30.7 Å². The molecule has 0 saturated heterocycles. The lowest BCUT2D eigenvalue weighted by molar-refractivity contribution is -0.137. The molecular weight excluding hydrogens is 272 g/mol. The van der Waals surface area contributed by atoms with Gasteiger partial charge < -0.3 is 10.1 Å². The molecule has 106 valence electrons. The van der Waals surface area contributed by atoms with Crippen molar-refractivity contribution in [2.75, 3.05) is 19.4 Å². The third-order valence-electron chi connectivity index (χ3n) is 2.38. The second-order valence-electron chi connectivity index (χ2n) is 3.93. The molecule has 6 heteroatoms. The smallest absolute Gasteiger partial charge is 0.315 e. The first-order chi connectivity index (χ1) is 9.08. The van der Waals surface area contributed by atoms with Crippen LogP contribution < -0.4 is 5.32 Å². The maximum Gasteiger partial charge on any atom is 0.315 e. The molecule has 1 rings (SSSR count). The minimum atomic E-state index is -0.651. The summed E-state index contributed by atoms with van der Waals surface area (Å²) in [5, 5.41) is 3.07. The molecule has 0 aromatic heterocycles. The Balaban J connectivity index is 2.71. The van der Waals surface area contributed by atoms with Crippen molar-refractivity contribution in [2.24, 2.45) is 0 Å². The average molecular weight is 289 g/mol. The number of halogens is 2. The molecule has 0 fully saturated rings. The van der Waals surface area contributed by atoms with E-state index in [4.69, 9.17) is 0 Å². The summed E-state index contributed by atoms with van der Waals surface area (Å²) in [6.07, 6.45) is 0.956. The number of nitrogens with one attached hydrogen (secondary N) is 1. The zero-order valence-electron chi connectivity index (χ0n) is 11.0. The molecular formula is C13H17F2NO2S. The van der Waals surface area contributed by atoms with Crippen LogP contribution in [0.4, 0.5) is 8.78 Å². The summed E-state index contributed by atoms with van der Waals surface area (Å²) in [5.41, 5.74) is 0.547. The van der Waals surface area contributed by atoms with Crippen molar-refractivity contribution in [3.8, 4) is 0 Å². The van der Waals surface area contributed by atoms with Crippen molar-refractivity contribution in [3.63, 3.8) is 0 Å². The molecule has 0 aliphatic heterocycles. The van der Waals surface area contributed by atoms with Crippen molar-refractivity contribution in [1.82, 2.24) is 5.32 Å². The zero-order chi connectivity index (χ0) is 14.3. The van der Waals surface area contributed by atoms with Gasteiger partial charge in [-0.2, -0.15) is 0 Å². The maximum atomic E-state index is 13.7. The van der Waals surface area contributed by atoms with Crippen LogP contribution in [0.15, 0.2) is 17.0 Å². The summed E-state index contributed by atoms with van der Waals surface area (Å²) in [6, 6.07) is 2.57. The third-order valence-corrected chi connectivity index (χ3v) is 3.43. The van der Waals surface area contributed by atoms with Crippen LogP contribution in [0.1, 0.15) is 18.9 Å². The zero-order valence-corrected chi connectivity index (χ0v) is 11.8. The lowest BCUT2D eigenvalue weighted by atomic mass is 10.2. The third kappa shape index (κ3) is 5.16. The number of methoxy groups -OCH3 is 1. The van der Waals surface area contributed by atoms with E-state index in [1.807, 2.05) is 6.92 Å². The van der Waals surface area contributed by atoms with Gasteiger partial charge >= 0.3 is 5.97 Å². The quantitative estimate of drug-likeness (QED) is 0.476. The molecule has 0 bridgehead atoms. The van der Waals surface area contributed by atoms with Crippen LogP contribution in [0, 0.1) is 11.6 Å². The first-order valence-corrected chi connectivity index (χ1v) is 6.95. The van der Waals surface area contributed by atoms with E-state index in [1.165, 1.54) is 19.2 Å². The number of carbonyl (C=O) groups excluding carboxylic acids is 1. The summed E-state index contributed by atoms with van der Waals surface area (Å²) in [5.74, 6) is -1.93. The summed E-state index contributed by atoms with van der Waals surface area (Å²) in [7, 11) is 1.23. The molecule has 1 N–H and O–H groups in total. The van der Waals surface area contributed by atoms with E-state index in [0.717, 1.165) is 24.7 Å². The van der Waals surface area contributed by atoms with Gasteiger partial charge in [-0.3, -0.25) is 4.79 Å². The van der Waals surface area contributed by atoms with Crippen LogP contribution in [0.3, 0.4) is 0 Å². The molecule has 3 nitrogen and oxygen atoms in total. The van der Waals surface area contributed by atoms with Gasteiger partial charge in [-0.15, -0.1) is 11.8 Å². The van der Waals surface area contributed by atoms with Gasteiger partial charge in [0.1, 0.15) is 11.6 Å². The maximum absolute atomic E-state index is 13.7. The lowest BCUT2D eigenvalue weighted by Gasteiger charge is -2.08. The largest absolute Gasteiger partial charge is 0.468 e. The minimum absolute atomic E-state index is 0.113. The van der Waals surface area contributed by atoms with Crippen LogP contribution in [0.5, 0.6) is 0 Å². The normalized spacial score (nSPS) is 10.5. The Bertz CT molecular complexity index is 418. The molecule has 0 aliphatic rings. The highest BCUT2D eigenvalue weighted by Crippen LogP contribution is 2.26. The van der Waals surface area contributed by atoms with Crippen LogP contribution in [0.2, 0.25) is 0 Å². The minimum Gasteiger partial charge on any atom is -0.468 e. The van der Waals surface area contributed by atoms with E-state index in [9.17, 15) is 13.6 Å². The number of rotatable bonds is 7. The van der Waals surface area contributed by atoms with Crippen molar-refractivity contribution < 1.29 is 18.3 Å². The number of ether oxygens (including phenoxy) is 1. The Kier molecular flexibility index (Phi) is 6.80. The molecule has 1 aromatic rings. The van der Waals surface area contributed by atoms with Crippen LogP contribution in [-0.2, 0) is 16.1 Å². The Morgan fingerprint density at radius 3 is 2.53 bits per heavy atom. The second kappa shape index (κ2) is 8.12. The fourth-order valence-electron chi connectivity index (χ4n) is 1.45. The summed E-state index contributed by atoms with van der Waals surface area (Å²) in [4.78, 5) is 10.8. The van der Waals surface area contributed by atoms with E-state index < -0.39 is 17.6 Å². The number of esters is 1. The summed E-state index contributed by atoms with van der Waals surface area (Å²) >= 11 is 0.798. The van der Waals surface area contributed by atoms with Crippen LogP contribution >= 0.6 is 11.8 Å². The number of benzene rings is 1. The van der Waals surface area contributed by atoms with Gasteiger partial charge in [-0.1, -0.05) is 6.92 Å². The van der Waals surface area contributed by atoms with E-state index in [1.54, 1.807) is 0 Å². The molecule has 1 aromatic carbocycles. The van der Waals surface area contributed by atoms with Crippen LogP contribution in [0.25, 0.3) is 0 Å². The van der Waals surface area contributed by atoms with Gasteiger partial charge in [0.25, 0.3) is 0 Å². The molecule has 0 heterocycles. The highest BCUT2D eigenvalue weighted by Gasteiger charge is 2.13. The van der Waals surface area contributed by atoms with Crippen molar-refractivity contribution >= 4 is 17.7 Å². The Morgan fingerprint density at radius 1 is 1.37 bits per heavy atom. The second-order valence-corrected chi connectivity index (χ2v) is 4.92. The molecule has 0 atom stereocenters. The Labute approximate surface area is 115 Å². The Morgan fingerprint density at radius 2 is 2.00 bits per heavy atom.